The van der Waals surface area contributed by atoms with Crippen LogP contribution in [-0.2, 0) is 17.1 Å². The second kappa shape index (κ2) is 15.7. The second-order valence-electron chi connectivity index (χ2n) is 12.2. The highest BCUT2D eigenvalue weighted by atomic mass is 79.9. The summed E-state index contributed by atoms with van der Waals surface area (Å²) in [6.45, 7) is 6.90. The first-order valence-corrected chi connectivity index (χ1v) is 17.8. The summed E-state index contributed by atoms with van der Waals surface area (Å²) in [4.78, 5) is 0. The lowest BCUT2D eigenvalue weighted by atomic mass is 9.85. The highest BCUT2D eigenvalue weighted by Gasteiger charge is 2.38. The summed E-state index contributed by atoms with van der Waals surface area (Å²) in [5.74, 6) is -0.818. The van der Waals surface area contributed by atoms with E-state index in [-0.39, 0.29) is 24.0 Å². The molecule has 0 radical (unpaired) electrons. The maximum Gasteiger partial charge on any atom is 0.416 e. The molecule has 0 N–H and O–H groups in total. The molecular weight excluding hydrogens is 746 g/mol. The number of benzene rings is 4. The molecule has 252 valence electrons. The average Bonchev–Trinajstić information content (AvgIpc) is 3.03. The summed E-state index contributed by atoms with van der Waals surface area (Å²) in [5, 5.41) is 0.789. The molecule has 0 aliphatic carbocycles. The molecule has 0 spiro atoms. The Kier molecular flexibility index (Phi) is 12.5. The van der Waals surface area contributed by atoms with Gasteiger partial charge in [0.05, 0.1) is 23.3 Å². The zero-order valence-electron chi connectivity index (χ0n) is 26.7. The summed E-state index contributed by atoms with van der Waals surface area (Å²) in [6.07, 6.45) is -10.4. The minimum atomic E-state index is -4.62. The van der Waals surface area contributed by atoms with Crippen LogP contribution in [0.1, 0.15) is 98.0 Å². The molecule has 0 aliphatic heterocycles. The minimum Gasteiger partial charge on any atom is -0.366 e. The van der Waals surface area contributed by atoms with Crippen LogP contribution in [0, 0.1) is 0 Å². The van der Waals surface area contributed by atoms with E-state index in [0.29, 0.717) is 32.9 Å². The van der Waals surface area contributed by atoms with E-state index in [1.807, 2.05) is 60.7 Å². The average molecular weight is 785 g/mol. The van der Waals surface area contributed by atoms with Crippen molar-refractivity contribution < 1.29 is 31.1 Å². The number of halogens is 8. The van der Waals surface area contributed by atoms with Gasteiger partial charge in [-0.05, 0) is 93.5 Å². The lowest BCUT2D eigenvalue weighted by Gasteiger charge is -2.31. The van der Waals surface area contributed by atoms with Crippen LogP contribution >= 0.6 is 31.9 Å². The van der Waals surface area contributed by atoms with Crippen LogP contribution in [0.3, 0.4) is 0 Å². The zero-order valence-corrected chi connectivity index (χ0v) is 29.8. The Morgan fingerprint density at radius 1 is 0.532 bits per heavy atom. The van der Waals surface area contributed by atoms with E-state index in [9.17, 15) is 26.3 Å². The number of ether oxygens (including phenoxy) is 1. The fourth-order valence-corrected chi connectivity index (χ4v) is 6.80. The summed E-state index contributed by atoms with van der Waals surface area (Å²) >= 11 is 6.93. The van der Waals surface area contributed by atoms with E-state index < -0.39 is 47.5 Å². The Hall–Kier alpha value is -2.62. The van der Waals surface area contributed by atoms with Gasteiger partial charge in [0.2, 0.25) is 0 Å². The van der Waals surface area contributed by atoms with Crippen LogP contribution in [0.5, 0.6) is 0 Å². The zero-order chi connectivity index (χ0) is 34.5. The maximum atomic E-state index is 14.6. The molecule has 0 aromatic heterocycles. The summed E-state index contributed by atoms with van der Waals surface area (Å²) in [7, 11) is 0. The molecule has 4 aromatic rings. The molecule has 0 aliphatic rings. The van der Waals surface area contributed by atoms with E-state index in [0.717, 1.165) is 11.1 Å². The van der Waals surface area contributed by atoms with Crippen LogP contribution in [0.25, 0.3) is 22.3 Å². The standard InChI is InChI=1S/C38H38Br2F6O/c1-23(2)27-19-29(25-11-7-5-8-12-25)31(21-33(27)37(41,42)43)35(15-17-39)47-36(16-18-40)32-22-34(38(44,45)46)28(24(3)4)20-30(32)26-13-9-6-10-14-26/h5-14,19-24,35-36H,15-18H2,1-4H3. The number of hydrogen-bond acceptors (Lipinski definition) is 1. The highest BCUT2D eigenvalue weighted by molar-refractivity contribution is 9.09. The third-order valence-electron chi connectivity index (χ3n) is 8.23. The molecule has 0 bridgehead atoms. The predicted octanol–water partition coefficient (Wildman–Crippen LogP) is 13.7. The monoisotopic (exact) mass is 782 g/mol. The van der Waals surface area contributed by atoms with E-state index in [1.54, 1.807) is 39.8 Å². The summed E-state index contributed by atoms with van der Waals surface area (Å²) < 4.78 is 94.1. The van der Waals surface area contributed by atoms with Gasteiger partial charge in [0, 0.05) is 10.7 Å². The van der Waals surface area contributed by atoms with Gasteiger partial charge in [-0.15, -0.1) is 0 Å². The van der Waals surface area contributed by atoms with Gasteiger partial charge < -0.3 is 4.74 Å². The van der Waals surface area contributed by atoms with Gasteiger partial charge in [0.1, 0.15) is 0 Å². The molecule has 0 saturated carbocycles. The number of rotatable bonds is 12. The molecule has 4 aromatic carbocycles. The summed E-state index contributed by atoms with van der Waals surface area (Å²) in [5.41, 5.74) is 2.17. The Morgan fingerprint density at radius 2 is 0.872 bits per heavy atom. The van der Waals surface area contributed by atoms with Crippen molar-refractivity contribution >= 4 is 31.9 Å². The molecular formula is C38H38Br2F6O. The van der Waals surface area contributed by atoms with Crippen molar-refractivity contribution in [2.24, 2.45) is 0 Å². The number of hydrogen-bond donors (Lipinski definition) is 0. The fourth-order valence-electron chi connectivity index (χ4n) is 5.97. The molecule has 0 fully saturated rings. The molecule has 2 unspecified atom stereocenters. The van der Waals surface area contributed by atoms with Gasteiger partial charge in [0.25, 0.3) is 0 Å². The van der Waals surface area contributed by atoms with Gasteiger partial charge in [0.15, 0.2) is 0 Å². The van der Waals surface area contributed by atoms with Crippen LogP contribution in [-0.4, -0.2) is 10.7 Å². The third kappa shape index (κ3) is 8.90. The van der Waals surface area contributed by atoms with Gasteiger partial charge in [-0.25, -0.2) is 0 Å². The van der Waals surface area contributed by atoms with Crippen molar-refractivity contribution in [3.63, 3.8) is 0 Å². The smallest absolute Gasteiger partial charge is 0.366 e. The van der Waals surface area contributed by atoms with Crippen LogP contribution in [0.2, 0.25) is 0 Å². The van der Waals surface area contributed by atoms with Crippen molar-refractivity contribution in [2.75, 3.05) is 10.7 Å². The molecule has 1 nitrogen and oxygen atoms in total. The first kappa shape index (κ1) is 37.2. The third-order valence-corrected chi connectivity index (χ3v) is 9.15. The topological polar surface area (TPSA) is 9.23 Å². The van der Waals surface area contributed by atoms with Crippen LogP contribution in [0.4, 0.5) is 26.3 Å². The molecule has 9 heteroatoms. The van der Waals surface area contributed by atoms with Crippen molar-refractivity contribution in [3.8, 4) is 22.3 Å². The van der Waals surface area contributed by atoms with Crippen LogP contribution < -0.4 is 0 Å². The largest absolute Gasteiger partial charge is 0.416 e. The SMILES string of the molecule is CC(C)c1cc(-c2ccccc2)c(C(CCBr)OC(CCBr)c2cc(C(F)(F)F)c(C(C)C)cc2-c2ccccc2)cc1C(F)(F)F. The number of alkyl halides is 8. The lowest BCUT2D eigenvalue weighted by molar-refractivity contribution is -0.139. The van der Waals surface area contributed by atoms with Gasteiger partial charge >= 0.3 is 12.4 Å². The first-order valence-electron chi connectivity index (χ1n) is 15.6. The fraction of sp³-hybridized carbons (Fsp3) is 0.368. The quantitative estimate of drug-likeness (QED) is 0.103. The molecule has 4 rings (SSSR count). The van der Waals surface area contributed by atoms with Gasteiger partial charge in [-0.1, -0.05) is 120 Å². The van der Waals surface area contributed by atoms with Crippen LogP contribution in [0.15, 0.2) is 84.9 Å². The van der Waals surface area contributed by atoms with Gasteiger partial charge in [-0.3, -0.25) is 0 Å². The first-order chi connectivity index (χ1) is 22.2. The molecule has 0 amide bonds. The normalized spacial score (nSPS) is 13.7. The predicted molar refractivity (Wildman–Crippen MR) is 185 cm³/mol. The van der Waals surface area contributed by atoms with E-state index in [1.165, 1.54) is 12.1 Å². The lowest BCUT2D eigenvalue weighted by Crippen LogP contribution is -2.18. The molecule has 2 atom stereocenters. The minimum absolute atomic E-state index is 0.167. The van der Waals surface area contributed by atoms with Crippen molar-refractivity contribution in [1.29, 1.82) is 0 Å². The van der Waals surface area contributed by atoms with E-state index in [4.69, 9.17) is 4.74 Å². The Labute approximate surface area is 290 Å². The summed E-state index contributed by atoms with van der Waals surface area (Å²) in [6, 6.07) is 23.8. The Bertz CT molecular complexity index is 1490. The van der Waals surface area contributed by atoms with Gasteiger partial charge in [-0.2, -0.15) is 26.3 Å². The van der Waals surface area contributed by atoms with E-state index >= 15 is 0 Å². The van der Waals surface area contributed by atoms with Crippen molar-refractivity contribution in [3.05, 3.63) is 118 Å². The Balaban J connectivity index is 1.99. The highest BCUT2D eigenvalue weighted by Crippen LogP contribution is 2.47. The second-order valence-corrected chi connectivity index (χ2v) is 13.7. The molecule has 47 heavy (non-hydrogen) atoms. The maximum absolute atomic E-state index is 14.6. The van der Waals surface area contributed by atoms with Crippen molar-refractivity contribution in [1.82, 2.24) is 0 Å². The Morgan fingerprint density at radius 3 is 1.15 bits per heavy atom. The molecule has 0 heterocycles. The molecule has 0 saturated heterocycles. The van der Waals surface area contributed by atoms with E-state index in [2.05, 4.69) is 31.9 Å². The van der Waals surface area contributed by atoms with Crippen molar-refractivity contribution in [2.45, 2.75) is 76.9 Å².